The van der Waals surface area contributed by atoms with Crippen LogP contribution < -0.4 is 10.2 Å². The molecule has 0 radical (unpaired) electrons. The van der Waals surface area contributed by atoms with Crippen molar-refractivity contribution in [2.45, 2.75) is 58.5 Å². The summed E-state index contributed by atoms with van der Waals surface area (Å²) in [6.45, 7) is 5.42. The van der Waals surface area contributed by atoms with E-state index in [4.69, 9.17) is 0 Å². The number of nitrogens with zero attached hydrogens (tertiary/aromatic N) is 3. The minimum absolute atomic E-state index is 0.641. The molecule has 1 rings (SSSR count). The highest BCUT2D eigenvalue weighted by Crippen LogP contribution is 2.12. The van der Waals surface area contributed by atoms with Crippen LogP contribution in [0, 0.1) is 0 Å². The van der Waals surface area contributed by atoms with Gasteiger partial charge in [0.1, 0.15) is 0 Å². The number of imidazole rings is 1. The molecule has 1 N–H and O–H groups in total. The van der Waals surface area contributed by atoms with Crippen molar-refractivity contribution in [1.29, 1.82) is 0 Å². The number of unbranched alkanes of at least 4 members (excludes halogenated alkanes) is 1. The Kier molecular flexibility index (Phi) is 6.92. The Morgan fingerprint density at radius 1 is 1.26 bits per heavy atom. The summed E-state index contributed by atoms with van der Waals surface area (Å²) in [6, 6.07) is 0.641. The molecule has 0 fully saturated rings. The summed E-state index contributed by atoms with van der Waals surface area (Å²) in [7, 11) is 6.14. The van der Waals surface area contributed by atoms with Crippen LogP contribution in [0.5, 0.6) is 0 Å². The molecule has 1 aromatic heterocycles. The Morgan fingerprint density at radius 3 is 2.53 bits per heavy atom. The molecule has 0 amide bonds. The van der Waals surface area contributed by atoms with Gasteiger partial charge in [0, 0.05) is 33.7 Å². The van der Waals surface area contributed by atoms with E-state index in [-0.39, 0.29) is 0 Å². The van der Waals surface area contributed by atoms with Gasteiger partial charge in [0.15, 0.2) is 0 Å². The van der Waals surface area contributed by atoms with Crippen LogP contribution in [0.2, 0.25) is 0 Å². The molecule has 0 aliphatic heterocycles. The van der Waals surface area contributed by atoms with E-state index in [2.05, 4.69) is 35.8 Å². The van der Waals surface area contributed by atoms with Crippen molar-refractivity contribution >= 4 is 5.95 Å². The van der Waals surface area contributed by atoms with Gasteiger partial charge < -0.3 is 14.8 Å². The van der Waals surface area contributed by atoms with Gasteiger partial charge in [-0.05, 0) is 12.8 Å². The van der Waals surface area contributed by atoms with Gasteiger partial charge in [-0.15, -0.1) is 0 Å². The lowest BCUT2D eigenvalue weighted by molar-refractivity contribution is 0.429. The average Bonchev–Trinajstić information content (AvgIpc) is 2.74. The molecule has 0 aliphatic carbocycles. The van der Waals surface area contributed by atoms with Crippen LogP contribution in [0.4, 0.5) is 5.95 Å². The zero-order chi connectivity index (χ0) is 14.3. The molecule has 1 atom stereocenters. The van der Waals surface area contributed by atoms with E-state index in [0.29, 0.717) is 6.04 Å². The minimum Gasteiger partial charge on any atom is -0.348 e. The molecule has 110 valence electrons. The SMILES string of the molecule is CCCCC(CCC)NCc1cnc(N(C)C)n1C. The number of hydrogen-bond donors (Lipinski definition) is 1. The van der Waals surface area contributed by atoms with Crippen molar-refractivity contribution in [3.8, 4) is 0 Å². The fraction of sp³-hybridized carbons (Fsp3) is 0.800. The second-order valence-corrected chi connectivity index (χ2v) is 5.51. The van der Waals surface area contributed by atoms with Gasteiger partial charge >= 0.3 is 0 Å². The zero-order valence-electron chi connectivity index (χ0n) is 13.2. The van der Waals surface area contributed by atoms with Crippen LogP contribution in [0.3, 0.4) is 0 Å². The van der Waals surface area contributed by atoms with E-state index in [0.717, 1.165) is 12.5 Å². The summed E-state index contributed by atoms with van der Waals surface area (Å²) in [6.07, 6.45) is 8.35. The number of hydrogen-bond acceptors (Lipinski definition) is 3. The number of rotatable bonds is 9. The Morgan fingerprint density at radius 2 is 2.00 bits per heavy atom. The second-order valence-electron chi connectivity index (χ2n) is 5.51. The molecule has 1 unspecified atom stereocenters. The van der Waals surface area contributed by atoms with Gasteiger partial charge in [0.25, 0.3) is 0 Å². The quantitative estimate of drug-likeness (QED) is 0.746. The summed E-state index contributed by atoms with van der Waals surface area (Å²) in [5, 5.41) is 3.69. The van der Waals surface area contributed by atoms with Crippen molar-refractivity contribution in [2.24, 2.45) is 7.05 Å². The Bertz CT molecular complexity index is 357. The molecular weight excluding hydrogens is 236 g/mol. The number of nitrogens with one attached hydrogen (secondary N) is 1. The van der Waals surface area contributed by atoms with E-state index in [1.807, 2.05) is 25.2 Å². The molecule has 19 heavy (non-hydrogen) atoms. The van der Waals surface area contributed by atoms with E-state index >= 15 is 0 Å². The van der Waals surface area contributed by atoms with E-state index in [1.165, 1.54) is 37.8 Å². The third kappa shape index (κ3) is 4.86. The smallest absolute Gasteiger partial charge is 0.204 e. The van der Waals surface area contributed by atoms with Crippen LogP contribution in [-0.4, -0.2) is 29.7 Å². The first-order valence-corrected chi connectivity index (χ1v) is 7.51. The molecule has 1 heterocycles. The lowest BCUT2D eigenvalue weighted by atomic mass is 10.1. The lowest BCUT2D eigenvalue weighted by Gasteiger charge is -2.18. The zero-order valence-corrected chi connectivity index (χ0v) is 13.2. The third-order valence-corrected chi connectivity index (χ3v) is 3.57. The summed E-state index contributed by atoms with van der Waals surface area (Å²) in [5.74, 6) is 1.01. The molecule has 0 saturated heterocycles. The van der Waals surface area contributed by atoms with Crippen molar-refractivity contribution in [3.05, 3.63) is 11.9 Å². The van der Waals surface area contributed by atoms with Gasteiger partial charge in [-0.3, -0.25) is 0 Å². The highest BCUT2D eigenvalue weighted by atomic mass is 15.3. The van der Waals surface area contributed by atoms with Gasteiger partial charge in [-0.2, -0.15) is 0 Å². The summed E-state index contributed by atoms with van der Waals surface area (Å²) < 4.78 is 2.16. The minimum atomic E-state index is 0.641. The van der Waals surface area contributed by atoms with Gasteiger partial charge in [-0.1, -0.05) is 33.1 Å². The molecule has 0 saturated carbocycles. The predicted octanol–water partition coefficient (Wildman–Crippen LogP) is 2.93. The van der Waals surface area contributed by atoms with E-state index in [9.17, 15) is 0 Å². The molecule has 0 aliphatic rings. The molecular formula is C15H30N4. The van der Waals surface area contributed by atoms with Gasteiger partial charge in [0.05, 0.1) is 11.9 Å². The average molecular weight is 266 g/mol. The Balaban J connectivity index is 2.53. The van der Waals surface area contributed by atoms with Gasteiger partial charge in [0.2, 0.25) is 5.95 Å². The van der Waals surface area contributed by atoms with Crippen LogP contribution in [0.25, 0.3) is 0 Å². The normalized spacial score (nSPS) is 12.7. The third-order valence-electron chi connectivity index (χ3n) is 3.57. The number of aromatic nitrogens is 2. The molecule has 0 spiro atoms. The van der Waals surface area contributed by atoms with Crippen molar-refractivity contribution in [2.75, 3.05) is 19.0 Å². The fourth-order valence-electron chi connectivity index (χ4n) is 2.41. The van der Waals surface area contributed by atoms with E-state index < -0.39 is 0 Å². The fourth-order valence-corrected chi connectivity index (χ4v) is 2.41. The van der Waals surface area contributed by atoms with Gasteiger partial charge in [-0.25, -0.2) is 4.98 Å². The Hall–Kier alpha value is -1.03. The topological polar surface area (TPSA) is 33.1 Å². The molecule has 1 aromatic rings. The first-order chi connectivity index (χ1) is 9.10. The molecule has 4 nitrogen and oxygen atoms in total. The van der Waals surface area contributed by atoms with E-state index in [1.54, 1.807) is 0 Å². The summed E-state index contributed by atoms with van der Waals surface area (Å²) >= 11 is 0. The van der Waals surface area contributed by atoms with Crippen LogP contribution in [0.1, 0.15) is 51.6 Å². The maximum Gasteiger partial charge on any atom is 0.204 e. The van der Waals surface area contributed by atoms with Crippen LogP contribution in [0.15, 0.2) is 6.20 Å². The van der Waals surface area contributed by atoms with Crippen LogP contribution in [-0.2, 0) is 13.6 Å². The maximum atomic E-state index is 4.45. The van der Waals surface area contributed by atoms with Crippen molar-refractivity contribution < 1.29 is 0 Å². The van der Waals surface area contributed by atoms with Crippen LogP contribution >= 0.6 is 0 Å². The molecule has 0 aromatic carbocycles. The highest BCUT2D eigenvalue weighted by Gasteiger charge is 2.10. The predicted molar refractivity (Wildman–Crippen MR) is 82.6 cm³/mol. The summed E-state index contributed by atoms with van der Waals surface area (Å²) in [5.41, 5.74) is 1.25. The largest absolute Gasteiger partial charge is 0.348 e. The standard InChI is InChI=1S/C15H30N4/c1-6-8-10-13(9-7-2)16-11-14-12-17-15(18(3)4)19(14)5/h12-13,16H,6-11H2,1-5H3. The summed E-state index contributed by atoms with van der Waals surface area (Å²) in [4.78, 5) is 6.50. The first kappa shape index (κ1) is 16.0. The van der Waals surface area contributed by atoms with Crippen molar-refractivity contribution in [1.82, 2.24) is 14.9 Å². The lowest BCUT2D eigenvalue weighted by Crippen LogP contribution is -2.29. The second kappa shape index (κ2) is 8.20. The first-order valence-electron chi connectivity index (χ1n) is 7.51. The highest BCUT2D eigenvalue weighted by molar-refractivity contribution is 5.30. The number of anilines is 1. The maximum absolute atomic E-state index is 4.45. The Labute approximate surface area is 118 Å². The molecule has 4 heteroatoms. The molecule has 0 bridgehead atoms. The monoisotopic (exact) mass is 266 g/mol. The van der Waals surface area contributed by atoms with Crippen molar-refractivity contribution in [3.63, 3.8) is 0 Å².